The van der Waals surface area contributed by atoms with Crippen LogP contribution in [0.2, 0.25) is 0 Å². The Balaban J connectivity index is 1.47. The normalized spacial score (nSPS) is 19.9. The maximum absolute atomic E-state index is 13.4. The van der Waals surface area contributed by atoms with E-state index in [4.69, 9.17) is 0 Å². The number of anilines is 1. The molecule has 2 aromatic rings. The summed E-state index contributed by atoms with van der Waals surface area (Å²) in [6.07, 6.45) is 4.51. The Morgan fingerprint density at radius 1 is 1.30 bits per heavy atom. The van der Waals surface area contributed by atoms with Crippen LogP contribution in [0.3, 0.4) is 0 Å². The van der Waals surface area contributed by atoms with Crippen LogP contribution in [0.5, 0.6) is 0 Å². The number of carbonyl (C=O) groups is 2. The molecule has 2 N–H and O–H groups in total. The highest BCUT2D eigenvalue weighted by atomic mass is 32.2. The van der Waals surface area contributed by atoms with Gasteiger partial charge in [-0.3, -0.25) is 14.5 Å². The third-order valence-corrected chi connectivity index (χ3v) is 8.32. The topological polar surface area (TPSA) is 85.8 Å². The number of thiazole rings is 1. The smallest absolute Gasteiger partial charge is 0.254 e. The standard InChI is InChI=1S/C24H30N4O3S2/c1-5-20(29)28-9-8-27(13-16(28)4)23(31)18-11-19(15(3)10-14(18)2)32-21-12-25-24(33-21)26-22(30)17-6-7-17/h5,10-12,16-17,20,29H,1,6-9,13H2,2-4H3,(H,25,26,30)/t16-,20?/m1/s1. The number of nitrogens with zero attached hydrogens (tertiary/aromatic N) is 3. The molecule has 0 spiro atoms. The van der Waals surface area contributed by atoms with E-state index in [2.05, 4.69) is 16.9 Å². The fourth-order valence-electron chi connectivity index (χ4n) is 4.05. The van der Waals surface area contributed by atoms with Crippen molar-refractivity contribution in [3.8, 4) is 0 Å². The molecule has 176 valence electrons. The molecule has 2 amide bonds. The summed E-state index contributed by atoms with van der Waals surface area (Å²) in [7, 11) is 0. The van der Waals surface area contributed by atoms with Crippen molar-refractivity contribution in [3.05, 3.63) is 47.7 Å². The van der Waals surface area contributed by atoms with Gasteiger partial charge >= 0.3 is 0 Å². The summed E-state index contributed by atoms with van der Waals surface area (Å²) < 4.78 is 0.965. The first-order chi connectivity index (χ1) is 15.8. The van der Waals surface area contributed by atoms with Crippen LogP contribution in [-0.2, 0) is 4.79 Å². The fourth-order valence-corrected chi connectivity index (χ4v) is 6.00. The molecule has 2 heterocycles. The van der Waals surface area contributed by atoms with Crippen LogP contribution in [0.15, 0.2) is 40.1 Å². The molecular weight excluding hydrogens is 456 g/mol. The number of carbonyl (C=O) groups excluding carboxylic acids is 2. The van der Waals surface area contributed by atoms with Crippen LogP contribution >= 0.6 is 23.1 Å². The van der Waals surface area contributed by atoms with Gasteiger partial charge < -0.3 is 15.3 Å². The van der Waals surface area contributed by atoms with E-state index in [9.17, 15) is 14.7 Å². The van der Waals surface area contributed by atoms with E-state index in [-0.39, 0.29) is 23.8 Å². The Kier molecular flexibility index (Phi) is 7.23. The van der Waals surface area contributed by atoms with Crippen molar-refractivity contribution in [2.45, 2.75) is 55.0 Å². The van der Waals surface area contributed by atoms with Gasteiger partial charge in [0.15, 0.2) is 5.13 Å². The van der Waals surface area contributed by atoms with Crippen LogP contribution in [0.4, 0.5) is 5.13 Å². The van der Waals surface area contributed by atoms with Crippen LogP contribution in [-0.4, -0.2) is 63.6 Å². The van der Waals surface area contributed by atoms with Crippen LogP contribution < -0.4 is 5.32 Å². The number of nitrogens with one attached hydrogen (secondary N) is 1. The molecule has 1 aromatic carbocycles. The molecule has 1 saturated carbocycles. The van der Waals surface area contributed by atoms with E-state index in [0.29, 0.717) is 30.3 Å². The van der Waals surface area contributed by atoms with Gasteiger partial charge in [-0.15, -0.1) is 0 Å². The Labute approximate surface area is 202 Å². The number of hydrogen-bond acceptors (Lipinski definition) is 7. The van der Waals surface area contributed by atoms with Crippen molar-refractivity contribution in [1.29, 1.82) is 0 Å². The van der Waals surface area contributed by atoms with Crippen molar-refractivity contribution < 1.29 is 14.7 Å². The summed E-state index contributed by atoms with van der Waals surface area (Å²) in [5, 5.41) is 13.6. The zero-order valence-electron chi connectivity index (χ0n) is 19.2. The molecule has 1 aliphatic heterocycles. The van der Waals surface area contributed by atoms with Gasteiger partial charge in [0, 0.05) is 42.1 Å². The van der Waals surface area contributed by atoms with Crippen molar-refractivity contribution in [2.75, 3.05) is 25.0 Å². The van der Waals surface area contributed by atoms with Crippen LogP contribution in [0.25, 0.3) is 0 Å². The monoisotopic (exact) mass is 486 g/mol. The maximum Gasteiger partial charge on any atom is 0.254 e. The lowest BCUT2D eigenvalue weighted by atomic mass is 10.0. The molecule has 1 aromatic heterocycles. The Bertz CT molecular complexity index is 1070. The van der Waals surface area contributed by atoms with Gasteiger partial charge in [-0.2, -0.15) is 0 Å². The third-order valence-electron chi connectivity index (χ3n) is 6.14. The van der Waals surface area contributed by atoms with Crippen molar-refractivity contribution in [3.63, 3.8) is 0 Å². The van der Waals surface area contributed by atoms with Gasteiger partial charge in [0.2, 0.25) is 5.91 Å². The summed E-state index contributed by atoms with van der Waals surface area (Å²) in [6, 6.07) is 4.06. The second-order valence-corrected chi connectivity index (χ2v) is 11.1. The number of piperazine rings is 1. The molecule has 0 radical (unpaired) electrons. The van der Waals surface area contributed by atoms with Gasteiger partial charge in [0.25, 0.3) is 5.91 Å². The molecule has 2 aliphatic rings. The highest BCUT2D eigenvalue weighted by Crippen LogP contribution is 2.38. The van der Waals surface area contributed by atoms with Crippen LogP contribution in [0.1, 0.15) is 41.3 Å². The second-order valence-electron chi connectivity index (χ2n) is 8.77. The van der Waals surface area contributed by atoms with E-state index in [1.165, 1.54) is 17.4 Å². The average Bonchev–Trinajstić information content (AvgIpc) is 3.55. The highest BCUT2D eigenvalue weighted by molar-refractivity contribution is 8.01. The molecule has 1 aliphatic carbocycles. The summed E-state index contributed by atoms with van der Waals surface area (Å²) in [4.78, 5) is 34.5. The van der Waals surface area contributed by atoms with Gasteiger partial charge in [-0.05, 0) is 56.9 Å². The fraction of sp³-hybridized carbons (Fsp3) is 0.458. The number of rotatable bonds is 7. The van der Waals surface area contributed by atoms with E-state index in [1.54, 1.807) is 18.0 Å². The lowest BCUT2D eigenvalue weighted by molar-refractivity contribution is -0.117. The zero-order valence-corrected chi connectivity index (χ0v) is 20.8. The molecule has 9 heteroatoms. The molecule has 33 heavy (non-hydrogen) atoms. The SMILES string of the molecule is C=CC(O)N1CCN(C(=O)c2cc(Sc3cnc(NC(=O)C4CC4)s3)c(C)cc2C)C[C@H]1C. The number of aromatic nitrogens is 1. The maximum atomic E-state index is 13.4. The predicted octanol–water partition coefficient (Wildman–Crippen LogP) is 3.91. The average molecular weight is 487 g/mol. The van der Waals surface area contributed by atoms with Gasteiger partial charge in [-0.1, -0.05) is 35.7 Å². The van der Waals surface area contributed by atoms with Crippen molar-refractivity contribution >= 4 is 40.0 Å². The quantitative estimate of drug-likeness (QED) is 0.577. The zero-order chi connectivity index (χ0) is 23.7. The molecule has 2 atom stereocenters. The number of aliphatic hydroxyl groups is 1. The summed E-state index contributed by atoms with van der Waals surface area (Å²) in [5.41, 5.74) is 2.74. The first kappa shape index (κ1) is 23.9. The van der Waals surface area contributed by atoms with E-state index in [0.717, 1.165) is 33.1 Å². The van der Waals surface area contributed by atoms with Gasteiger partial charge in [0.05, 0.1) is 10.4 Å². The Morgan fingerprint density at radius 2 is 2.06 bits per heavy atom. The number of aliphatic hydroxyl groups excluding tert-OH is 1. The lowest BCUT2D eigenvalue weighted by Crippen LogP contribution is -2.56. The minimum atomic E-state index is -0.695. The van der Waals surface area contributed by atoms with Crippen molar-refractivity contribution in [2.24, 2.45) is 5.92 Å². The number of amides is 2. The molecule has 0 bridgehead atoms. The summed E-state index contributed by atoms with van der Waals surface area (Å²) in [6.45, 7) is 11.4. The molecule has 1 unspecified atom stereocenters. The van der Waals surface area contributed by atoms with E-state index >= 15 is 0 Å². The van der Waals surface area contributed by atoms with Crippen LogP contribution in [0, 0.1) is 19.8 Å². The highest BCUT2D eigenvalue weighted by Gasteiger charge is 2.31. The second kappa shape index (κ2) is 9.97. The number of hydrogen-bond donors (Lipinski definition) is 2. The minimum absolute atomic E-state index is 0.00985. The predicted molar refractivity (Wildman–Crippen MR) is 132 cm³/mol. The minimum Gasteiger partial charge on any atom is -0.375 e. The largest absolute Gasteiger partial charge is 0.375 e. The Morgan fingerprint density at radius 3 is 2.73 bits per heavy atom. The van der Waals surface area contributed by atoms with Crippen molar-refractivity contribution in [1.82, 2.24) is 14.8 Å². The Hall–Kier alpha value is -2.20. The molecular formula is C24H30N4O3S2. The lowest BCUT2D eigenvalue weighted by Gasteiger charge is -2.41. The summed E-state index contributed by atoms with van der Waals surface area (Å²) in [5.74, 6) is 0.202. The number of aryl methyl sites for hydroxylation is 2. The first-order valence-electron chi connectivity index (χ1n) is 11.2. The number of benzene rings is 1. The van der Waals surface area contributed by atoms with Gasteiger partial charge in [-0.25, -0.2) is 4.98 Å². The first-order valence-corrected chi connectivity index (χ1v) is 12.8. The summed E-state index contributed by atoms with van der Waals surface area (Å²) >= 11 is 3.01. The van der Waals surface area contributed by atoms with E-state index in [1.807, 2.05) is 42.7 Å². The third kappa shape index (κ3) is 5.48. The van der Waals surface area contributed by atoms with E-state index < -0.39 is 6.23 Å². The molecule has 4 rings (SSSR count). The molecule has 7 nitrogen and oxygen atoms in total. The van der Waals surface area contributed by atoms with Gasteiger partial charge in [0.1, 0.15) is 6.23 Å². The molecule has 2 fully saturated rings. The molecule has 1 saturated heterocycles.